The second kappa shape index (κ2) is 3.74. The van der Waals surface area contributed by atoms with Crippen molar-refractivity contribution in [2.75, 3.05) is 0 Å². The van der Waals surface area contributed by atoms with Gasteiger partial charge in [-0.05, 0) is 18.6 Å². The first kappa shape index (κ1) is 10.6. The molecule has 0 unspecified atom stereocenters. The Kier molecular flexibility index (Phi) is 2.84. The summed E-state index contributed by atoms with van der Waals surface area (Å²) in [5, 5.41) is 8.59. The topological polar surface area (TPSA) is 28.7 Å². The minimum Gasteiger partial charge on any atom is -0.327 e. The van der Waals surface area contributed by atoms with Crippen LogP contribution >= 0.6 is 0 Å². The Bertz CT molecular complexity index is 357. The molecule has 1 aromatic rings. The Hall–Kier alpha value is -1.44. The summed E-state index contributed by atoms with van der Waals surface area (Å²) in [4.78, 5) is 0. The van der Waals surface area contributed by atoms with Crippen LogP contribution in [0, 0.1) is 11.3 Å². The number of rotatable bonds is 2. The maximum Gasteiger partial charge on any atom is 0.406 e. The molecule has 0 radical (unpaired) electrons. The van der Waals surface area contributed by atoms with Crippen molar-refractivity contribution < 1.29 is 13.2 Å². The third-order valence-corrected chi connectivity index (χ3v) is 1.89. The summed E-state index contributed by atoms with van der Waals surface area (Å²) in [7, 11) is 0. The minimum absolute atomic E-state index is 0.0548. The molecule has 76 valence electrons. The highest BCUT2D eigenvalue weighted by atomic mass is 19.4. The van der Waals surface area contributed by atoms with Gasteiger partial charge in [0.2, 0.25) is 0 Å². The van der Waals surface area contributed by atoms with Gasteiger partial charge in [-0.25, -0.2) is 0 Å². The number of aromatic nitrogens is 1. The van der Waals surface area contributed by atoms with E-state index in [1.54, 1.807) is 19.1 Å². The van der Waals surface area contributed by atoms with Gasteiger partial charge in [-0.15, -0.1) is 0 Å². The van der Waals surface area contributed by atoms with Gasteiger partial charge in [0, 0.05) is 5.69 Å². The molecule has 0 aromatic carbocycles. The Morgan fingerprint density at radius 2 is 2.07 bits per heavy atom. The fourth-order valence-corrected chi connectivity index (χ4v) is 1.28. The summed E-state index contributed by atoms with van der Waals surface area (Å²) in [6.45, 7) is 0.662. The van der Waals surface area contributed by atoms with Crippen molar-refractivity contribution in [3.05, 3.63) is 23.5 Å². The van der Waals surface area contributed by atoms with Crippen molar-refractivity contribution >= 4 is 0 Å². The van der Waals surface area contributed by atoms with Crippen LogP contribution in [-0.4, -0.2) is 10.7 Å². The molecular weight excluding hydrogens is 193 g/mol. The number of alkyl halides is 3. The first-order valence-electron chi connectivity index (χ1n) is 4.13. The van der Waals surface area contributed by atoms with Crippen LogP contribution in [0.2, 0.25) is 0 Å². The van der Waals surface area contributed by atoms with E-state index in [1.807, 2.05) is 0 Å². The highest BCUT2D eigenvalue weighted by Crippen LogP contribution is 2.21. The third kappa shape index (κ3) is 2.28. The largest absolute Gasteiger partial charge is 0.406 e. The lowest BCUT2D eigenvalue weighted by atomic mass is 10.3. The monoisotopic (exact) mass is 202 g/mol. The minimum atomic E-state index is -4.28. The van der Waals surface area contributed by atoms with E-state index < -0.39 is 12.7 Å². The molecule has 0 aliphatic rings. The summed E-state index contributed by atoms with van der Waals surface area (Å²) in [5.74, 6) is 0. The van der Waals surface area contributed by atoms with E-state index in [0.29, 0.717) is 12.1 Å². The van der Waals surface area contributed by atoms with E-state index in [0.717, 1.165) is 4.57 Å². The number of hydrogen-bond donors (Lipinski definition) is 0. The van der Waals surface area contributed by atoms with Gasteiger partial charge in [-0.3, -0.25) is 0 Å². The zero-order valence-electron chi connectivity index (χ0n) is 7.60. The molecule has 5 heteroatoms. The Balaban J connectivity index is 3.05. The average Bonchev–Trinajstić information content (AvgIpc) is 2.44. The summed E-state index contributed by atoms with van der Waals surface area (Å²) >= 11 is 0. The van der Waals surface area contributed by atoms with Gasteiger partial charge < -0.3 is 4.57 Å². The number of aryl methyl sites for hydroxylation is 1. The van der Waals surface area contributed by atoms with E-state index in [4.69, 9.17) is 5.26 Å². The highest BCUT2D eigenvalue weighted by Gasteiger charge is 2.29. The van der Waals surface area contributed by atoms with Gasteiger partial charge in [0.25, 0.3) is 0 Å². The van der Waals surface area contributed by atoms with Crippen molar-refractivity contribution in [2.45, 2.75) is 26.1 Å². The summed E-state index contributed by atoms with van der Waals surface area (Å²) < 4.78 is 37.4. The van der Waals surface area contributed by atoms with Gasteiger partial charge in [-0.1, -0.05) is 6.92 Å². The van der Waals surface area contributed by atoms with Crippen molar-refractivity contribution in [3.8, 4) is 6.07 Å². The molecule has 0 N–H and O–H groups in total. The van der Waals surface area contributed by atoms with Crippen molar-refractivity contribution in [2.24, 2.45) is 0 Å². The fourth-order valence-electron chi connectivity index (χ4n) is 1.28. The van der Waals surface area contributed by atoms with E-state index >= 15 is 0 Å². The van der Waals surface area contributed by atoms with Crippen LogP contribution in [0.4, 0.5) is 13.2 Å². The lowest BCUT2D eigenvalue weighted by Gasteiger charge is -2.11. The first-order valence-corrected chi connectivity index (χ1v) is 4.13. The van der Waals surface area contributed by atoms with Crippen molar-refractivity contribution in [1.82, 2.24) is 4.57 Å². The summed E-state index contributed by atoms with van der Waals surface area (Å²) in [5.41, 5.74) is 0.582. The molecular formula is C9H9F3N2. The molecule has 14 heavy (non-hydrogen) atoms. The molecule has 0 aliphatic carbocycles. The van der Waals surface area contributed by atoms with Crippen LogP contribution in [0.3, 0.4) is 0 Å². The normalized spacial score (nSPS) is 11.4. The molecule has 0 atom stereocenters. The second-order valence-electron chi connectivity index (χ2n) is 2.88. The van der Waals surface area contributed by atoms with Crippen molar-refractivity contribution in [1.29, 1.82) is 5.26 Å². The molecule has 1 aromatic heterocycles. The lowest BCUT2D eigenvalue weighted by molar-refractivity contribution is -0.141. The van der Waals surface area contributed by atoms with Crippen LogP contribution < -0.4 is 0 Å². The number of hydrogen-bond acceptors (Lipinski definition) is 1. The van der Waals surface area contributed by atoms with Crippen molar-refractivity contribution in [3.63, 3.8) is 0 Å². The number of halogens is 3. The maximum absolute atomic E-state index is 12.1. The summed E-state index contributed by atoms with van der Waals surface area (Å²) in [6.07, 6.45) is -3.80. The molecule has 0 amide bonds. The number of nitrogens with zero attached hydrogens (tertiary/aromatic N) is 2. The van der Waals surface area contributed by atoms with Gasteiger partial charge in [-0.2, -0.15) is 18.4 Å². The van der Waals surface area contributed by atoms with Crippen LogP contribution in [-0.2, 0) is 13.0 Å². The number of nitriles is 1. The predicted octanol–water partition coefficient (Wildman–Crippen LogP) is 2.48. The van der Waals surface area contributed by atoms with E-state index in [1.165, 1.54) is 6.07 Å². The van der Waals surface area contributed by atoms with E-state index in [9.17, 15) is 13.2 Å². The molecule has 0 bridgehead atoms. The van der Waals surface area contributed by atoms with Gasteiger partial charge in [0.15, 0.2) is 0 Å². The molecule has 1 heterocycles. The SMILES string of the molecule is CCc1ccc(C#N)n1CC(F)(F)F. The molecule has 0 saturated carbocycles. The molecule has 0 saturated heterocycles. The Morgan fingerprint density at radius 3 is 2.50 bits per heavy atom. The van der Waals surface area contributed by atoms with Crippen LogP contribution in [0.5, 0.6) is 0 Å². The smallest absolute Gasteiger partial charge is 0.327 e. The standard InChI is InChI=1S/C9H9F3N2/c1-2-7-3-4-8(5-13)14(7)6-9(10,11)12/h3-4H,2,6H2,1H3. The second-order valence-corrected chi connectivity index (χ2v) is 2.88. The van der Waals surface area contributed by atoms with Crippen LogP contribution in [0.15, 0.2) is 12.1 Å². The van der Waals surface area contributed by atoms with Gasteiger partial charge >= 0.3 is 6.18 Å². The quantitative estimate of drug-likeness (QED) is 0.724. The Labute approximate surface area is 79.6 Å². The predicted molar refractivity (Wildman–Crippen MR) is 44.6 cm³/mol. The maximum atomic E-state index is 12.1. The highest BCUT2D eigenvalue weighted by molar-refractivity contribution is 5.27. The average molecular weight is 202 g/mol. The lowest BCUT2D eigenvalue weighted by Crippen LogP contribution is -2.20. The van der Waals surface area contributed by atoms with Gasteiger partial charge in [0.1, 0.15) is 18.3 Å². The molecule has 2 nitrogen and oxygen atoms in total. The third-order valence-electron chi connectivity index (χ3n) is 1.89. The fraction of sp³-hybridized carbons (Fsp3) is 0.444. The molecule has 0 fully saturated rings. The van der Waals surface area contributed by atoms with Crippen LogP contribution in [0.25, 0.3) is 0 Å². The molecule has 0 spiro atoms. The molecule has 1 rings (SSSR count). The van der Waals surface area contributed by atoms with E-state index in [2.05, 4.69) is 0 Å². The first-order chi connectivity index (χ1) is 6.48. The summed E-state index contributed by atoms with van der Waals surface area (Å²) in [6, 6.07) is 4.69. The van der Waals surface area contributed by atoms with Gasteiger partial charge in [0.05, 0.1) is 0 Å². The Morgan fingerprint density at radius 1 is 1.43 bits per heavy atom. The molecule has 0 aliphatic heterocycles. The van der Waals surface area contributed by atoms with E-state index in [-0.39, 0.29) is 5.69 Å². The zero-order valence-corrected chi connectivity index (χ0v) is 7.60. The van der Waals surface area contributed by atoms with Crippen LogP contribution in [0.1, 0.15) is 18.3 Å². The zero-order chi connectivity index (χ0) is 10.8.